The number of nitrogens with zero attached hydrogens (tertiary/aromatic N) is 3. The fourth-order valence-electron chi connectivity index (χ4n) is 5.71. The third kappa shape index (κ3) is 5.18. The quantitative estimate of drug-likeness (QED) is 0.352. The molecule has 0 saturated heterocycles. The number of ketones is 1. The summed E-state index contributed by atoms with van der Waals surface area (Å²) in [4.78, 5) is 33.5. The minimum atomic E-state index is -4.58. The number of aromatic nitrogens is 1. The number of Topliss-reactive ketones (excluding diaryl/α,β-unsaturated/α-hetero) is 1. The smallest absolute Gasteiger partial charge is 0.348 e. The molecule has 190 valence electrons. The summed E-state index contributed by atoms with van der Waals surface area (Å²) in [6.45, 7) is 1.77. The highest BCUT2D eigenvalue weighted by Crippen LogP contribution is 2.35. The number of anilines is 1. The highest BCUT2D eigenvalue weighted by molar-refractivity contribution is 5.97. The highest BCUT2D eigenvalue weighted by Gasteiger charge is 2.38. The maximum Gasteiger partial charge on any atom is 0.417 e. The van der Waals surface area contributed by atoms with Crippen LogP contribution in [0.2, 0.25) is 0 Å². The Labute approximate surface area is 209 Å². The van der Waals surface area contributed by atoms with E-state index in [4.69, 9.17) is 0 Å². The topological polar surface area (TPSA) is 53.5 Å². The van der Waals surface area contributed by atoms with Gasteiger partial charge in [-0.1, -0.05) is 44.2 Å². The second-order valence-electron chi connectivity index (χ2n) is 10.1. The number of alkyl halides is 3. The molecule has 0 N–H and O–H groups in total. The molecule has 36 heavy (non-hydrogen) atoms. The Kier molecular flexibility index (Phi) is 6.86. The van der Waals surface area contributed by atoms with Gasteiger partial charge < -0.3 is 9.80 Å². The first-order chi connectivity index (χ1) is 17.3. The summed E-state index contributed by atoms with van der Waals surface area (Å²) in [6, 6.07) is 8.62. The minimum absolute atomic E-state index is 0.127. The number of hydrogen-bond donors (Lipinski definition) is 0. The van der Waals surface area contributed by atoms with Crippen molar-refractivity contribution in [3.05, 3.63) is 70.4 Å². The van der Waals surface area contributed by atoms with Gasteiger partial charge in [-0.2, -0.15) is 13.2 Å². The first kappa shape index (κ1) is 24.5. The Balaban J connectivity index is 1.14. The maximum absolute atomic E-state index is 13.4. The average molecular weight is 498 g/mol. The highest BCUT2D eigenvalue weighted by atomic mass is 19.4. The molecule has 1 aromatic heterocycles. The van der Waals surface area contributed by atoms with E-state index >= 15 is 0 Å². The Hall–Kier alpha value is -3.16. The van der Waals surface area contributed by atoms with Gasteiger partial charge in [0.15, 0.2) is 5.78 Å². The van der Waals surface area contributed by atoms with Crippen molar-refractivity contribution in [2.24, 2.45) is 5.92 Å². The van der Waals surface area contributed by atoms with Crippen LogP contribution < -0.4 is 4.90 Å². The number of carbonyl (C=O) groups excluding carboxylic acids is 2. The van der Waals surface area contributed by atoms with Crippen LogP contribution in [0.1, 0.15) is 71.2 Å². The third-order valence-electron chi connectivity index (χ3n) is 7.66. The number of amides is 1. The van der Waals surface area contributed by atoms with Crippen molar-refractivity contribution in [3.8, 4) is 0 Å². The second kappa shape index (κ2) is 10.1. The molecular weight excluding hydrogens is 467 g/mol. The van der Waals surface area contributed by atoms with E-state index in [0.29, 0.717) is 38.2 Å². The second-order valence-corrected chi connectivity index (χ2v) is 10.1. The van der Waals surface area contributed by atoms with Crippen LogP contribution in [-0.4, -0.2) is 47.8 Å². The van der Waals surface area contributed by atoms with Crippen LogP contribution >= 0.6 is 0 Å². The van der Waals surface area contributed by atoms with Crippen LogP contribution in [-0.2, 0) is 6.18 Å². The molecule has 1 aliphatic carbocycles. The van der Waals surface area contributed by atoms with Crippen molar-refractivity contribution in [1.29, 1.82) is 0 Å². The zero-order valence-electron chi connectivity index (χ0n) is 20.2. The molecule has 3 heterocycles. The lowest BCUT2D eigenvalue weighted by Crippen LogP contribution is -2.35. The summed E-state index contributed by atoms with van der Waals surface area (Å²) >= 11 is 0. The molecular formula is C28H30F3N3O2. The number of halogens is 3. The zero-order chi connectivity index (χ0) is 25.3. The fraction of sp³-hybridized carbons (Fsp3) is 0.464. The molecule has 1 saturated carbocycles. The minimum Gasteiger partial charge on any atom is -0.348 e. The largest absolute Gasteiger partial charge is 0.417 e. The average Bonchev–Trinajstić information content (AvgIpc) is 3.60. The van der Waals surface area contributed by atoms with E-state index in [1.54, 1.807) is 6.20 Å². The normalized spacial score (nSPS) is 18.3. The lowest BCUT2D eigenvalue weighted by molar-refractivity contribution is -0.138. The fourth-order valence-corrected chi connectivity index (χ4v) is 5.71. The van der Waals surface area contributed by atoms with Crippen molar-refractivity contribution < 1.29 is 22.8 Å². The van der Waals surface area contributed by atoms with Crippen molar-refractivity contribution in [2.75, 3.05) is 31.1 Å². The molecule has 8 heteroatoms. The molecule has 0 atom stereocenters. The number of carbonyl (C=O) groups is 2. The van der Waals surface area contributed by atoms with Crippen molar-refractivity contribution in [1.82, 2.24) is 9.88 Å². The molecule has 2 aliphatic heterocycles. The molecule has 5 rings (SSSR count). The summed E-state index contributed by atoms with van der Waals surface area (Å²) in [6.07, 6.45) is 4.90. The molecule has 1 fully saturated rings. The van der Waals surface area contributed by atoms with Gasteiger partial charge in [-0.25, -0.2) is 4.98 Å². The number of pyridine rings is 1. The molecule has 0 bridgehead atoms. The first-order valence-corrected chi connectivity index (χ1v) is 12.7. The Morgan fingerprint density at radius 1 is 0.944 bits per heavy atom. The predicted octanol–water partition coefficient (Wildman–Crippen LogP) is 5.92. The summed E-state index contributed by atoms with van der Waals surface area (Å²) in [5.74, 6) is 1.07. The Bertz CT molecular complexity index is 1150. The van der Waals surface area contributed by atoms with E-state index in [1.807, 2.05) is 12.1 Å². The van der Waals surface area contributed by atoms with Gasteiger partial charge in [0, 0.05) is 44.4 Å². The van der Waals surface area contributed by atoms with Crippen LogP contribution in [0.25, 0.3) is 0 Å². The van der Waals surface area contributed by atoms with Crippen LogP contribution in [0.5, 0.6) is 0 Å². The van der Waals surface area contributed by atoms with E-state index < -0.39 is 17.6 Å². The molecule has 1 amide bonds. The lowest BCUT2D eigenvalue weighted by Gasteiger charge is -2.24. The standard InChI is InChI=1S/C28H30F3N3O2/c29-28(30,31)24-10-4-3-9-23(24)27(36)34-17-21-15-33(16-22(21)18-34)26-13-12-20(14-32-26)25(35)11-5-8-19-6-1-2-7-19/h3-4,9-10,12-14,19H,1-2,5-8,11,15-18H2. The molecule has 0 spiro atoms. The number of benzene rings is 1. The maximum atomic E-state index is 13.4. The monoisotopic (exact) mass is 497 g/mol. The first-order valence-electron chi connectivity index (χ1n) is 12.7. The van der Waals surface area contributed by atoms with E-state index in [-0.39, 0.29) is 11.3 Å². The molecule has 2 aromatic rings. The van der Waals surface area contributed by atoms with Crippen molar-refractivity contribution in [2.45, 2.75) is 51.1 Å². The lowest BCUT2D eigenvalue weighted by atomic mass is 9.98. The summed E-state index contributed by atoms with van der Waals surface area (Å²) < 4.78 is 40.1. The van der Waals surface area contributed by atoms with Gasteiger partial charge in [-0.05, 0) is 47.8 Å². The molecule has 3 aliphatic rings. The summed E-state index contributed by atoms with van der Waals surface area (Å²) in [7, 11) is 0. The molecule has 5 nitrogen and oxygen atoms in total. The van der Waals surface area contributed by atoms with Crippen molar-refractivity contribution in [3.63, 3.8) is 0 Å². The van der Waals surface area contributed by atoms with Gasteiger partial charge in [0.05, 0.1) is 11.1 Å². The Morgan fingerprint density at radius 3 is 2.28 bits per heavy atom. The molecule has 0 radical (unpaired) electrons. The van der Waals surface area contributed by atoms with Gasteiger partial charge in [0.1, 0.15) is 5.82 Å². The van der Waals surface area contributed by atoms with Crippen molar-refractivity contribution >= 4 is 17.5 Å². The van der Waals surface area contributed by atoms with Crippen LogP contribution in [0.3, 0.4) is 0 Å². The van der Waals surface area contributed by atoms with Gasteiger partial charge in [0.25, 0.3) is 5.91 Å². The van der Waals surface area contributed by atoms with Crippen LogP contribution in [0.15, 0.2) is 53.7 Å². The number of rotatable bonds is 7. The SMILES string of the molecule is O=C(CCCC1CCCC1)c1ccc(N2CC3=C(CN(C(=O)c4ccccc4C(F)(F)F)C3)C2)nc1. The summed E-state index contributed by atoms with van der Waals surface area (Å²) in [5, 5.41) is 0. The third-order valence-corrected chi connectivity index (χ3v) is 7.66. The molecule has 0 unspecified atom stereocenters. The van der Waals surface area contributed by atoms with Gasteiger partial charge >= 0.3 is 6.18 Å². The number of hydrogen-bond acceptors (Lipinski definition) is 4. The van der Waals surface area contributed by atoms with E-state index in [1.165, 1.54) is 48.8 Å². The predicted molar refractivity (Wildman–Crippen MR) is 131 cm³/mol. The van der Waals surface area contributed by atoms with Gasteiger partial charge in [0.2, 0.25) is 0 Å². The van der Waals surface area contributed by atoms with Crippen LogP contribution in [0, 0.1) is 5.92 Å². The molecule has 1 aromatic carbocycles. The zero-order valence-corrected chi connectivity index (χ0v) is 20.2. The summed E-state index contributed by atoms with van der Waals surface area (Å²) in [5.41, 5.74) is 1.50. The van der Waals surface area contributed by atoms with E-state index in [2.05, 4.69) is 9.88 Å². The van der Waals surface area contributed by atoms with Gasteiger partial charge in [-0.15, -0.1) is 0 Å². The van der Waals surface area contributed by atoms with Gasteiger partial charge in [-0.3, -0.25) is 9.59 Å². The van der Waals surface area contributed by atoms with Crippen LogP contribution in [0.4, 0.5) is 19.0 Å². The Morgan fingerprint density at radius 2 is 1.64 bits per heavy atom. The van der Waals surface area contributed by atoms with E-state index in [0.717, 1.165) is 41.8 Å². The van der Waals surface area contributed by atoms with E-state index in [9.17, 15) is 22.8 Å².